The summed E-state index contributed by atoms with van der Waals surface area (Å²) in [5.74, 6) is 1.48. The monoisotopic (exact) mass is 776 g/mol. The summed E-state index contributed by atoms with van der Waals surface area (Å²) >= 11 is 0. The number of nitrogens with zero attached hydrogens (tertiary/aromatic N) is 2. The molecule has 0 radical (unpaired) electrons. The zero-order valence-electron chi connectivity index (χ0n) is 31.6. The molecule has 278 valence electrons. The van der Waals surface area contributed by atoms with E-state index in [1.54, 1.807) is 6.20 Å². The summed E-state index contributed by atoms with van der Waals surface area (Å²) in [4.78, 5) is 9.52. The number of hydrogen-bond acceptors (Lipinski definition) is 5. The number of rotatable bonds is 4. The van der Waals surface area contributed by atoms with E-state index >= 15 is 4.57 Å². The van der Waals surface area contributed by atoms with Crippen LogP contribution in [-0.4, -0.2) is 9.97 Å². The van der Waals surface area contributed by atoms with Gasteiger partial charge in [0.25, 0.3) is 0 Å². The molecule has 59 heavy (non-hydrogen) atoms. The first kappa shape index (κ1) is 33.8. The number of aromatic nitrogens is 2. The van der Waals surface area contributed by atoms with Crippen molar-refractivity contribution in [1.29, 1.82) is 0 Å². The van der Waals surface area contributed by atoms with Crippen LogP contribution in [0.25, 0.3) is 55.6 Å². The van der Waals surface area contributed by atoms with Crippen molar-refractivity contribution in [3.63, 3.8) is 0 Å². The molecule has 2 aliphatic heterocycles. The summed E-state index contributed by atoms with van der Waals surface area (Å²) in [6.07, 6.45) is 3.63. The molecule has 2 aliphatic rings. The van der Waals surface area contributed by atoms with Crippen LogP contribution in [0.4, 0.5) is 0 Å². The molecule has 1 spiro atoms. The third-order valence-corrected chi connectivity index (χ3v) is 15.2. The van der Waals surface area contributed by atoms with Gasteiger partial charge in [-0.2, -0.15) is 0 Å². The second kappa shape index (κ2) is 12.8. The van der Waals surface area contributed by atoms with Crippen molar-refractivity contribution in [1.82, 2.24) is 9.97 Å². The zero-order chi connectivity index (χ0) is 39.1. The van der Waals surface area contributed by atoms with Crippen LogP contribution < -0.4 is 20.7 Å². The molecule has 5 nitrogen and oxygen atoms in total. The molecule has 3 aromatic heterocycles. The van der Waals surface area contributed by atoms with E-state index in [-0.39, 0.29) is 0 Å². The number of benzene rings is 7. The minimum absolute atomic E-state index is 0.711. The van der Waals surface area contributed by atoms with Crippen LogP contribution in [-0.2, 0) is 9.98 Å². The molecule has 0 aliphatic carbocycles. The van der Waals surface area contributed by atoms with Gasteiger partial charge in [0, 0.05) is 61.3 Å². The molecular weight excluding hydrogens is 744 g/mol. The van der Waals surface area contributed by atoms with Crippen molar-refractivity contribution in [2.24, 2.45) is 0 Å². The van der Waals surface area contributed by atoms with Gasteiger partial charge < -0.3 is 13.7 Å². The molecule has 2 unspecified atom stereocenters. The van der Waals surface area contributed by atoms with Crippen molar-refractivity contribution in [2.75, 3.05) is 0 Å². The molecule has 0 saturated carbocycles. The van der Waals surface area contributed by atoms with Gasteiger partial charge in [-0.05, 0) is 76.9 Å². The molecule has 0 N–H and O–H groups in total. The third kappa shape index (κ3) is 4.89. The molecule has 6 heteroatoms. The largest absolute Gasteiger partial charge is 0.457 e. The van der Waals surface area contributed by atoms with Crippen LogP contribution in [0.2, 0.25) is 0 Å². The Hall–Kier alpha value is -7.33. The maximum Gasteiger partial charge on any atom is 0.171 e. The lowest BCUT2D eigenvalue weighted by Gasteiger charge is -2.47. The fourth-order valence-electron chi connectivity index (χ4n) is 9.50. The summed E-state index contributed by atoms with van der Waals surface area (Å²) in [6.45, 7) is 0. The summed E-state index contributed by atoms with van der Waals surface area (Å²) in [5, 5.41) is 4.35. The predicted molar refractivity (Wildman–Crippen MR) is 237 cm³/mol. The summed E-state index contributed by atoms with van der Waals surface area (Å²) in [7, 11) is -3.45. The van der Waals surface area contributed by atoms with Crippen LogP contribution in [0.3, 0.4) is 0 Å². The first-order valence-electron chi connectivity index (χ1n) is 19.7. The smallest absolute Gasteiger partial charge is 0.171 e. The second-order valence-electron chi connectivity index (χ2n) is 15.2. The van der Waals surface area contributed by atoms with Crippen LogP contribution in [0.1, 0.15) is 22.3 Å². The summed E-state index contributed by atoms with van der Waals surface area (Å²) < 4.78 is 30.0. The number of hydrogen-bond donors (Lipinski definition) is 0. The van der Waals surface area contributed by atoms with E-state index in [4.69, 9.17) is 14.1 Å². The average molecular weight is 777 g/mol. The van der Waals surface area contributed by atoms with E-state index < -0.39 is 12.6 Å². The van der Waals surface area contributed by atoms with Gasteiger partial charge in [0.2, 0.25) is 0 Å². The highest BCUT2D eigenvalue weighted by Crippen LogP contribution is 2.62. The normalized spacial score (nSPS) is 17.5. The van der Waals surface area contributed by atoms with Crippen LogP contribution in [0.15, 0.2) is 205 Å². The SMILES string of the molecule is O=P1(c2ccccc2)c2ccccc2C2(c3ccccc3Oc3cc(-c4cc(-c5ccccc5)nc(-c5cccnc5)c4)ccc32)c2cc3c(cc21)oc1ccccc13. The topological polar surface area (TPSA) is 65.2 Å². The minimum atomic E-state index is -3.45. The Morgan fingerprint density at radius 1 is 0.458 bits per heavy atom. The Morgan fingerprint density at radius 2 is 1.15 bits per heavy atom. The van der Waals surface area contributed by atoms with Crippen LogP contribution in [0, 0.1) is 0 Å². The lowest BCUT2D eigenvalue weighted by atomic mass is 9.63. The third-order valence-electron chi connectivity index (χ3n) is 12.1. The van der Waals surface area contributed by atoms with Gasteiger partial charge in [0.05, 0.1) is 16.8 Å². The average Bonchev–Trinajstić information content (AvgIpc) is 3.68. The Kier molecular flexibility index (Phi) is 7.35. The molecule has 0 saturated heterocycles. The van der Waals surface area contributed by atoms with Crippen LogP contribution in [0.5, 0.6) is 11.5 Å². The van der Waals surface area contributed by atoms with Crippen molar-refractivity contribution < 1.29 is 13.7 Å². The number of ether oxygens (including phenoxy) is 1. The summed E-state index contributed by atoms with van der Waals surface area (Å²) in [5.41, 5.74) is 10.2. The number of fused-ring (bicyclic) bond motifs is 11. The minimum Gasteiger partial charge on any atom is -0.457 e. The molecular formula is C53H33N2O3P. The molecule has 10 aromatic rings. The van der Waals surface area contributed by atoms with Crippen molar-refractivity contribution >= 4 is 45.0 Å². The van der Waals surface area contributed by atoms with Gasteiger partial charge in [-0.3, -0.25) is 4.98 Å². The highest BCUT2D eigenvalue weighted by Gasteiger charge is 2.55. The number of pyridine rings is 2. The first-order valence-corrected chi connectivity index (χ1v) is 21.4. The second-order valence-corrected chi connectivity index (χ2v) is 17.9. The highest BCUT2D eigenvalue weighted by atomic mass is 31.2. The van der Waals surface area contributed by atoms with Gasteiger partial charge in [0.15, 0.2) is 7.14 Å². The van der Waals surface area contributed by atoms with E-state index in [0.29, 0.717) is 5.58 Å². The van der Waals surface area contributed by atoms with Crippen molar-refractivity contribution in [3.05, 3.63) is 223 Å². The fraction of sp³-hybridized carbons (Fsp3) is 0.0189. The predicted octanol–water partition coefficient (Wildman–Crippen LogP) is 11.8. The quantitative estimate of drug-likeness (QED) is 0.167. The van der Waals surface area contributed by atoms with E-state index in [2.05, 4.69) is 96.0 Å². The Balaban J connectivity index is 1.17. The van der Waals surface area contributed by atoms with Crippen molar-refractivity contribution in [2.45, 2.75) is 5.41 Å². The van der Waals surface area contributed by atoms with Crippen molar-refractivity contribution in [3.8, 4) is 45.1 Å². The van der Waals surface area contributed by atoms with E-state index in [1.807, 2.05) is 103 Å². The molecule has 0 fully saturated rings. The number of furan rings is 1. The van der Waals surface area contributed by atoms with Gasteiger partial charge in [-0.25, -0.2) is 4.98 Å². The van der Waals surface area contributed by atoms with Gasteiger partial charge in [-0.15, -0.1) is 0 Å². The highest BCUT2D eigenvalue weighted by molar-refractivity contribution is 7.85. The standard InChI is InChI=1S/C53H33N2O3P/c56-59(38-17-5-2-6-18-38)51-24-12-9-21-43(51)53(44-31-40-39-19-7-10-22-47(39)57-49(40)32-52(44)59)41-20-8-11-23-48(41)58-50-30-35(25-26-42(50)53)37-28-45(34-14-3-1-4-15-34)55-46(29-37)36-16-13-27-54-33-36/h1-33H. The lowest BCUT2D eigenvalue weighted by Crippen LogP contribution is -2.47. The fourth-order valence-corrected chi connectivity index (χ4v) is 12.7. The molecule has 7 aromatic carbocycles. The van der Waals surface area contributed by atoms with E-state index in [0.717, 1.165) is 99.7 Å². The summed E-state index contributed by atoms with van der Waals surface area (Å²) in [6, 6.07) is 64.0. The van der Waals surface area contributed by atoms with E-state index in [9.17, 15) is 0 Å². The van der Waals surface area contributed by atoms with Gasteiger partial charge in [0.1, 0.15) is 22.7 Å². The Morgan fingerprint density at radius 3 is 1.98 bits per heavy atom. The van der Waals surface area contributed by atoms with Crippen LogP contribution >= 0.6 is 7.14 Å². The van der Waals surface area contributed by atoms with Gasteiger partial charge >= 0.3 is 0 Å². The lowest BCUT2D eigenvalue weighted by molar-refractivity contribution is 0.435. The molecule has 5 heterocycles. The van der Waals surface area contributed by atoms with E-state index in [1.165, 1.54) is 0 Å². The Bertz CT molecular complexity index is 3290. The maximum absolute atomic E-state index is 16.4. The number of para-hydroxylation sites is 2. The zero-order valence-corrected chi connectivity index (χ0v) is 32.5. The molecule has 12 rings (SSSR count). The molecule has 0 bridgehead atoms. The van der Waals surface area contributed by atoms with Gasteiger partial charge in [-0.1, -0.05) is 133 Å². The molecule has 2 atom stereocenters. The maximum atomic E-state index is 16.4. The first-order chi connectivity index (χ1) is 29.1. The molecule has 0 amide bonds. The Labute approximate surface area is 340 Å².